The van der Waals surface area contributed by atoms with Crippen LogP contribution in [0.2, 0.25) is 0 Å². The SMILES string of the molecule is Cc1cccc(-c2noc(CN3CCC(C(=O)Nc4ccccc4C(=O)N4CCOCC4)CC3)n2)c1. The van der Waals surface area contributed by atoms with Gasteiger partial charge in [0.25, 0.3) is 5.91 Å². The molecule has 1 N–H and O–H groups in total. The number of hydrogen-bond donors (Lipinski definition) is 1. The first-order valence-corrected chi connectivity index (χ1v) is 12.5. The molecule has 9 nitrogen and oxygen atoms in total. The standard InChI is InChI=1S/C27H31N5O4/c1-19-5-4-6-21(17-19)25-29-24(36-30-25)18-31-11-9-20(10-12-31)26(33)28-23-8-3-2-7-22(23)27(34)32-13-15-35-16-14-32/h2-8,17,20H,9-16,18H2,1H3,(H,28,33). The van der Waals surface area contributed by atoms with Gasteiger partial charge in [0.2, 0.25) is 17.6 Å². The van der Waals surface area contributed by atoms with Crippen LogP contribution in [0, 0.1) is 12.8 Å². The molecule has 0 saturated carbocycles. The van der Waals surface area contributed by atoms with Gasteiger partial charge in [-0.15, -0.1) is 0 Å². The van der Waals surface area contributed by atoms with Crippen molar-refractivity contribution in [2.75, 3.05) is 44.7 Å². The minimum absolute atomic E-state index is 0.0450. The van der Waals surface area contributed by atoms with E-state index in [1.54, 1.807) is 17.0 Å². The Morgan fingerprint density at radius 3 is 2.58 bits per heavy atom. The molecule has 188 valence electrons. The summed E-state index contributed by atoms with van der Waals surface area (Å²) in [5.41, 5.74) is 3.17. The van der Waals surface area contributed by atoms with Crippen molar-refractivity contribution >= 4 is 17.5 Å². The summed E-state index contributed by atoms with van der Waals surface area (Å²) in [7, 11) is 0. The minimum Gasteiger partial charge on any atom is -0.378 e. The van der Waals surface area contributed by atoms with Gasteiger partial charge in [0, 0.05) is 24.6 Å². The number of piperidine rings is 1. The van der Waals surface area contributed by atoms with Gasteiger partial charge >= 0.3 is 0 Å². The average Bonchev–Trinajstić information content (AvgIpc) is 3.38. The number of anilines is 1. The van der Waals surface area contributed by atoms with Crippen LogP contribution in [0.4, 0.5) is 5.69 Å². The van der Waals surface area contributed by atoms with E-state index in [1.165, 1.54) is 0 Å². The summed E-state index contributed by atoms with van der Waals surface area (Å²) in [5, 5.41) is 7.14. The second-order valence-electron chi connectivity index (χ2n) is 9.37. The summed E-state index contributed by atoms with van der Waals surface area (Å²) in [6, 6.07) is 15.2. The molecule has 2 saturated heterocycles. The van der Waals surface area contributed by atoms with Crippen LogP contribution >= 0.6 is 0 Å². The highest BCUT2D eigenvalue weighted by atomic mass is 16.5. The van der Waals surface area contributed by atoms with Gasteiger partial charge in [0.15, 0.2) is 0 Å². The van der Waals surface area contributed by atoms with E-state index in [9.17, 15) is 9.59 Å². The number of carbonyl (C=O) groups is 2. The molecule has 0 spiro atoms. The quantitative estimate of drug-likeness (QED) is 0.567. The molecule has 3 heterocycles. The van der Waals surface area contributed by atoms with Crippen LogP contribution in [-0.2, 0) is 16.1 Å². The number of benzene rings is 2. The maximum absolute atomic E-state index is 13.1. The fraction of sp³-hybridized carbons (Fsp3) is 0.407. The fourth-order valence-electron chi connectivity index (χ4n) is 4.72. The first-order valence-electron chi connectivity index (χ1n) is 12.5. The van der Waals surface area contributed by atoms with Gasteiger partial charge in [0.05, 0.1) is 31.0 Å². The van der Waals surface area contributed by atoms with Crippen LogP contribution in [0.1, 0.15) is 34.7 Å². The summed E-state index contributed by atoms with van der Waals surface area (Å²) < 4.78 is 10.8. The number of carbonyl (C=O) groups excluding carboxylic acids is 2. The molecule has 1 aromatic heterocycles. The van der Waals surface area contributed by atoms with Gasteiger partial charge in [-0.05, 0) is 51.1 Å². The molecule has 0 radical (unpaired) electrons. The van der Waals surface area contributed by atoms with E-state index in [2.05, 4.69) is 20.4 Å². The molecule has 2 aliphatic rings. The smallest absolute Gasteiger partial charge is 0.256 e. The van der Waals surface area contributed by atoms with Gasteiger partial charge in [-0.25, -0.2) is 0 Å². The van der Waals surface area contributed by atoms with E-state index in [1.807, 2.05) is 43.3 Å². The van der Waals surface area contributed by atoms with Crippen LogP contribution in [0.15, 0.2) is 53.1 Å². The number of aromatic nitrogens is 2. The molecule has 0 atom stereocenters. The van der Waals surface area contributed by atoms with Gasteiger partial charge in [-0.1, -0.05) is 41.1 Å². The molecule has 2 aliphatic heterocycles. The minimum atomic E-state index is -0.113. The van der Waals surface area contributed by atoms with E-state index in [-0.39, 0.29) is 17.7 Å². The summed E-state index contributed by atoms with van der Waals surface area (Å²) in [5.74, 6) is 0.932. The van der Waals surface area contributed by atoms with Crippen molar-refractivity contribution in [3.63, 3.8) is 0 Å². The van der Waals surface area contributed by atoms with Crippen molar-refractivity contribution in [1.29, 1.82) is 0 Å². The van der Waals surface area contributed by atoms with Crippen molar-refractivity contribution in [1.82, 2.24) is 19.9 Å². The number of amides is 2. The zero-order valence-electron chi connectivity index (χ0n) is 20.5. The second kappa shape index (κ2) is 11.0. The zero-order chi connectivity index (χ0) is 24.9. The molecule has 0 unspecified atom stereocenters. The summed E-state index contributed by atoms with van der Waals surface area (Å²) in [4.78, 5) is 34.6. The number of para-hydroxylation sites is 1. The molecule has 3 aromatic rings. The largest absolute Gasteiger partial charge is 0.378 e. The lowest BCUT2D eigenvalue weighted by atomic mass is 9.95. The van der Waals surface area contributed by atoms with E-state index >= 15 is 0 Å². The van der Waals surface area contributed by atoms with Crippen LogP contribution in [0.25, 0.3) is 11.4 Å². The maximum Gasteiger partial charge on any atom is 0.256 e. The maximum atomic E-state index is 13.1. The molecular formula is C27H31N5O4. The molecular weight excluding hydrogens is 458 g/mol. The number of aryl methyl sites for hydroxylation is 1. The van der Waals surface area contributed by atoms with Crippen molar-refractivity contribution < 1.29 is 18.8 Å². The van der Waals surface area contributed by atoms with E-state index in [0.29, 0.717) is 55.8 Å². The lowest BCUT2D eigenvalue weighted by Crippen LogP contribution is -2.41. The Morgan fingerprint density at radius 1 is 1.03 bits per heavy atom. The second-order valence-corrected chi connectivity index (χ2v) is 9.37. The zero-order valence-corrected chi connectivity index (χ0v) is 20.5. The number of rotatable bonds is 6. The monoisotopic (exact) mass is 489 g/mol. The van der Waals surface area contributed by atoms with Crippen LogP contribution in [0.3, 0.4) is 0 Å². The Morgan fingerprint density at radius 2 is 1.81 bits per heavy atom. The highest BCUT2D eigenvalue weighted by Gasteiger charge is 2.28. The normalized spacial score (nSPS) is 17.2. The molecule has 0 aliphatic carbocycles. The van der Waals surface area contributed by atoms with E-state index < -0.39 is 0 Å². The highest BCUT2D eigenvalue weighted by Crippen LogP contribution is 2.24. The number of morpholine rings is 1. The van der Waals surface area contributed by atoms with Crippen molar-refractivity contribution in [2.24, 2.45) is 5.92 Å². The summed E-state index contributed by atoms with van der Waals surface area (Å²) >= 11 is 0. The Balaban J connectivity index is 1.15. The van der Waals surface area contributed by atoms with Gasteiger partial charge in [0.1, 0.15) is 0 Å². The molecule has 5 rings (SSSR count). The Bertz CT molecular complexity index is 1210. The topological polar surface area (TPSA) is 101 Å². The number of hydrogen-bond acceptors (Lipinski definition) is 7. The third-order valence-electron chi connectivity index (χ3n) is 6.78. The Hall–Kier alpha value is -3.56. The number of ether oxygens (including phenoxy) is 1. The number of nitrogens with zero attached hydrogens (tertiary/aromatic N) is 4. The predicted molar refractivity (Wildman–Crippen MR) is 134 cm³/mol. The van der Waals surface area contributed by atoms with Crippen LogP contribution in [0.5, 0.6) is 0 Å². The lowest BCUT2D eigenvalue weighted by Gasteiger charge is -2.30. The summed E-state index contributed by atoms with van der Waals surface area (Å²) in [6.45, 7) is 6.31. The molecule has 36 heavy (non-hydrogen) atoms. The van der Waals surface area contributed by atoms with Gasteiger partial charge in [-0.3, -0.25) is 14.5 Å². The molecule has 9 heteroatoms. The van der Waals surface area contributed by atoms with E-state index in [4.69, 9.17) is 9.26 Å². The van der Waals surface area contributed by atoms with Crippen molar-refractivity contribution in [3.8, 4) is 11.4 Å². The molecule has 2 aromatic carbocycles. The molecule has 2 fully saturated rings. The number of likely N-dealkylation sites (tertiary alicyclic amines) is 1. The summed E-state index contributed by atoms with van der Waals surface area (Å²) in [6.07, 6.45) is 1.45. The lowest BCUT2D eigenvalue weighted by molar-refractivity contribution is -0.121. The third-order valence-corrected chi connectivity index (χ3v) is 6.78. The fourth-order valence-corrected chi connectivity index (χ4v) is 4.72. The van der Waals surface area contributed by atoms with Gasteiger partial charge < -0.3 is 19.5 Å². The number of nitrogens with one attached hydrogen (secondary N) is 1. The van der Waals surface area contributed by atoms with Crippen LogP contribution in [-0.4, -0.2) is 71.1 Å². The van der Waals surface area contributed by atoms with Crippen molar-refractivity contribution in [2.45, 2.75) is 26.3 Å². The average molecular weight is 490 g/mol. The van der Waals surface area contributed by atoms with Gasteiger partial charge in [-0.2, -0.15) is 4.98 Å². The molecule has 2 amide bonds. The first kappa shape index (κ1) is 24.1. The Kier molecular flexibility index (Phi) is 7.39. The first-order chi connectivity index (χ1) is 17.6. The molecule has 0 bridgehead atoms. The van der Waals surface area contributed by atoms with Crippen molar-refractivity contribution in [3.05, 3.63) is 65.5 Å². The highest BCUT2D eigenvalue weighted by molar-refractivity contribution is 6.04. The van der Waals surface area contributed by atoms with Crippen LogP contribution < -0.4 is 5.32 Å². The third kappa shape index (κ3) is 5.63. The Labute approximate surface area is 210 Å². The predicted octanol–water partition coefficient (Wildman–Crippen LogP) is 3.37. The van der Waals surface area contributed by atoms with E-state index in [0.717, 1.165) is 37.1 Å².